The number of imide groups is 2. The molecule has 0 spiro atoms. The molecular formula is C41H56N8O16. The van der Waals surface area contributed by atoms with Gasteiger partial charge in [0.05, 0.1) is 11.1 Å². The van der Waals surface area contributed by atoms with E-state index in [9.17, 15) is 72.9 Å². The molecule has 5 atom stereocenters. The van der Waals surface area contributed by atoms with Crippen LogP contribution < -0.4 is 37.6 Å². The molecule has 0 aromatic heterocycles. The Hall–Kier alpha value is -6.98. The van der Waals surface area contributed by atoms with Gasteiger partial charge in [-0.25, -0.2) is 14.4 Å². The summed E-state index contributed by atoms with van der Waals surface area (Å²) in [6, 6.07) is -2.18. The van der Waals surface area contributed by atoms with E-state index < -0.39 is 133 Å². The second-order valence-corrected chi connectivity index (χ2v) is 15.5. The van der Waals surface area contributed by atoms with Gasteiger partial charge in [-0.1, -0.05) is 31.7 Å². The molecule has 1 unspecified atom stereocenters. The zero-order chi connectivity index (χ0) is 48.2. The van der Waals surface area contributed by atoms with Crippen LogP contribution in [-0.2, 0) is 47.9 Å². The van der Waals surface area contributed by atoms with Crippen molar-refractivity contribution in [2.24, 2.45) is 5.73 Å². The number of piperidine rings is 1. The van der Waals surface area contributed by atoms with Crippen LogP contribution in [-0.4, -0.2) is 140 Å². The third-order valence-corrected chi connectivity index (χ3v) is 10.6. The molecule has 12 N–H and O–H groups in total. The quantitative estimate of drug-likeness (QED) is 0.0332. The van der Waals surface area contributed by atoms with Crippen molar-refractivity contribution in [3.8, 4) is 0 Å². The number of carbonyl (C=O) groups is 12. The third kappa shape index (κ3) is 16.9. The van der Waals surface area contributed by atoms with Gasteiger partial charge in [0.2, 0.25) is 35.4 Å². The third-order valence-electron chi connectivity index (χ3n) is 10.6. The highest BCUT2D eigenvalue weighted by molar-refractivity contribution is 6.25. The van der Waals surface area contributed by atoms with Crippen LogP contribution in [0.2, 0.25) is 0 Å². The van der Waals surface area contributed by atoms with Gasteiger partial charge in [-0.3, -0.25) is 53.4 Å². The number of hydrogen-bond acceptors (Lipinski definition) is 14. The normalized spacial score (nSPS) is 16.3. The first kappa shape index (κ1) is 52.4. The van der Waals surface area contributed by atoms with Crippen LogP contribution in [0.3, 0.4) is 0 Å². The van der Waals surface area contributed by atoms with E-state index >= 15 is 0 Å². The number of fused-ring (bicyclic) bond motifs is 1. The van der Waals surface area contributed by atoms with Gasteiger partial charge in [0.1, 0.15) is 30.2 Å². The van der Waals surface area contributed by atoms with Crippen molar-refractivity contribution in [1.29, 1.82) is 0 Å². The van der Waals surface area contributed by atoms with Crippen LogP contribution in [0.15, 0.2) is 18.2 Å². The number of anilines is 1. The average Bonchev–Trinajstić information content (AvgIpc) is 3.50. The lowest BCUT2D eigenvalue weighted by molar-refractivity contribution is -0.144. The molecule has 3 rings (SSSR count). The summed E-state index contributed by atoms with van der Waals surface area (Å²) in [6.07, 6.45) is 1.76. The minimum absolute atomic E-state index is 0.0253. The van der Waals surface area contributed by atoms with Crippen LogP contribution in [0.4, 0.5) is 5.69 Å². The van der Waals surface area contributed by atoms with E-state index in [1.165, 1.54) is 6.07 Å². The van der Waals surface area contributed by atoms with Gasteiger partial charge < -0.3 is 52.7 Å². The summed E-state index contributed by atoms with van der Waals surface area (Å²) >= 11 is 0. The molecule has 356 valence electrons. The van der Waals surface area contributed by atoms with E-state index in [2.05, 4.69) is 31.9 Å². The molecule has 2 aliphatic heterocycles. The van der Waals surface area contributed by atoms with Crippen molar-refractivity contribution in [1.82, 2.24) is 31.5 Å². The van der Waals surface area contributed by atoms with Gasteiger partial charge in [0.15, 0.2) is 0 Å². The van der Waals surface area contributed by atoms with Gasteiger partial charge in [0, 0.05) is 50.9 Å². The largest absolute Gasteiger partial charge is 0.480 e. The highest BCUT2D eigenvalue weighted by Gasteiger charge is 2.45. The van der Waals surface area contributed by atoms with Crippen LogP contribution in [0.5, 0.6) is 0 Å². The first-order valence-corrected chi connectivity index (χ1v) is 21.2. The molecule has 0 aliphatic carbocycles. The lowest BCUT2D eigenvalue weighted by atomic mass is 10.0. The zero-order valence-electron chi connectivity index (χ0n) is 35.6. The number of aliphatic carboxylic acids is 4. The van der Waals surface area contributed by atoms with Crippen molar-refractivity contribution in [3.63, 3.8) is 0 Å². The number of nitrogens with one attached hydrogen (secondary N) is 6. The summed E-state index contributed by atoms with van der Waals surface area (Å²) in [4.78, 5) is 146. The number of hydrogen-bond donors (Lipinski definition) is 11. The van der Waals surface area contributed by atoms with Crippen LogP contribution in [0.1, 0.15) is 123 Å². The van der Waals surface area contributed by atoms with Gasteiger partial charge in [-0.05, 0) is 57.1 Å². The molecule has 2 aliphatic rings. The molecule has 24 nitrogen and oxygen atoms in total. The molecule has 2 heterocycles. The maximum Gasteiger partial charge on any atom is 0.326 e. The number of rotatable bonds is 30. The summed E-state index contributed by atoms with van der Waals surface area (Å²) in [6.45, 7) is 0.858. The average molecular weight is 917 g/mol. The van der Waals surface area contributed by atoms with Crippen LogP contribution in [0.25, 0.3) is 0 Å². The lowest BCUT2D eigenvalue weighted by Gasteiger charge is -2.27. The Bertz CT molecular complexity index is 1990. The molecule has 1 aromatic carbocycles. The standard InChI is InChI=1S/C41H56N8O16/c42-23(38(58)59)10-15-30(51)45-26(40(62)63)12-17-32(53)47-27(41(64)65)13-18-31(52)46-25(39(60)61)11-16-29(50)44-21-6-4-2-1-3-5-20-43-24-9-7-8-22-34(24)37(57)49(36(22)56)28-14-19-33(54)48-35(28)55/h7-9,23,25-28,43H,1-6,10-21,42H2,(H,44,50)(H,45,51)(H,46,52)(H,47,53)(H,58,59)(H,60,61)(H,62,63)(H,64,65)(H,48,54,55)/t23-,25-,26-,27-,28?/m0/s1. The Morgan fingerprint density at radius 1 is 0.631 bits per heavy atom. The zero-order valence-corrected chi connectivity index (χ0v) is 35.6. The van der Waals surface area contributed by atoms with Gasteiger partial charge >= 0.3 is 23.9 Å². The Labute approximate surface area is 372 Å². The maximum atomic E-state index is 13.2. The molecule has 0 radical (unpaired) electrons. The van der Waals surface area contributed by atoms with Gasteiger partial charge in [0.25, 0.3) is 11.8 Å². The molecule has 1 saturated heterocycles. The van der Waals surface area contributed by atoms with Crippen molar-refractivity contribution in [3.05, 3.63) is 29.3 Å². The highest BCUT2D eigenvalue weighted by Crippen LogP contribution is 2.32. The Morgan fingerprint density at radius 2 is 1.11 bits per heavy atom. The van der Waals surface area contributed by atoms with Crippen molar-refractivity contribution >= 4 is 76.8 Å². The number of carbonyl (C=O) groups excluding carboxylic acids is 8. The second kappa shape index (κ2) is 26.0. The number of benzene rings is 1. The predicted octanol–water partition coefficient (Wildman–Crippen LogP) is -0.803. The SMILES string of the molecule is N[C@@H](CCC(=O)N[C@@H](CCC(=O)N[C@@H](CCC(=O)N[C@@H](CCC(=O)NCCCCCCCCNc1cccc2c1C(=O)N(C1CCC(=O)NC1=O)C2=O)C(=O)O)C(=O)O)C(=O)O)C(=O)O. The number of carboxylic acid groups (broad SMARTS) is 4. The fraction of sp³-hybridized carbons (Fsp3) is 0.561. The monoisotopic (exact) mass is 916 g/mol. The van der Waals surface area contributed by atoms with Crippen LogP contribution >= 0.6 is 0 Å². The van der Waals surface area contributed by atoms with E-state index in [0.29, 0.717) is 25.2 Å². The maximum absolute atomic E-state index is 13.2. The second-order valence-electron chi connectivity index (χ2n) is 15.5. The highest BCUT2D eigenvalue weighted by atomic mass is 16.4. The number of amides is 8. The van der Waals surface area contributed by atoms with E-state index in [1.807, 2.05) is 0 Å². The number of nitrogens with zero attached hydrogens (tertiary/aromatic N) is 1. The Balaban J connectivity index is 1.28. The summed E-state index contributed by atoms with van der Waals surface area (Å²) < 4.78 is 0. The first-order valence-electron chi connectivity index (χ1n) is 21.2. The lowest BCUT2D eigenvalue weighted by Crippen LogP contribution is -2.54. The van der Waals surface area contributed by atoms with Gasteiger partial charge in [-0.2, -0.15) is 0 Å². The molecule has 24 heteroatoms. The number of carboxylic acids is 4. The van der Waals surface area contributed by atoms with E-state index in [-0.39, 0.29) is 43.2 Å². The Morgan fingerprint density at radius 3 is 1.60 bits per heavy atom. The molecule has 8 amide bonds. The fourth-order valence-corrected chi connectivity index (χ4v) is 6.97. The number of unbranched alkanes of at least 4 members (excludes halogenated alkanes) is 5. The molecule has 0 bridgehead atoms. The fourth-order valence-electron chi connectivity index (χ4n) is 6.97. The summed E-state index contributed by atoms with van der Waals surface area (Å²) in [7, 11) is 0. The Kier molecular flexibility index (Phi) is 20.9. The van der Waals surface area contributed by atoms with E-state index in [0.717, 1.165) is 37.0 Å². The smallest absolute Gasteiger partial charge is 0.326 e. The topological polar surface area (TPSA) is 387 Å². The van der Waals surface area contributed by atoms with Crippen molar-refractivity contribution < 1.29 is 78.0 Å². The van der Waals surface area contributed by atoms with Gasteiger partial charge in [-0.15, -0.1) is 0 Å². The van der Waals surface area contributed by atoms with E-state index in [1.54, 1.807) is 12.1 Å². The first-order chi connectivity index (χ1) is 30.8. The predicted molar refractivity (Wildman–Crippen MR) is 224 cm³/mol. The summed E-state index contributed by atoms with van der Waals surface area (Å²) in [5.41, 5.74) is 6.18. The number of nitrogens with two attached hydrogens (primary N) is 1. The van der Waals surface area contributed by atoms with Crippen LogP contribution in [0, 0.1) is 0 Å². The molecular weight excluding hydrogens is 860 g/mol. The molecule has 1 fully saturated rings. The van der Waals surface area contributed by atoms with Crippen molar-refractivity contribution in [2.45, 2.75) is 133 Å². The molecule has 0 saturated carbocycles. The van der Waals surface area contributed by atoms with Crippen molar-refractivity contribution in [2.75, 3.05) is 18.4 Å². The summed E-state index contributed by atoms with van der Waals surface area (Å²) in [5.74, 6) is -11.2. The summed E-state index contributed by atoms with van der Waals surface area (Å²) in [5, 5.41) is 51.9. The molecule has 1 aromatic rings. The van der Waals surface area contributed by atoms with E-state index in [4.69, 9.17) is 10.8 Å². The molecule has 65 heavy (non-hydrogen) atoms. The minimum atomic E-state index is -1.61. The minimum Gasteiger partial charge on any atom is -0.480 e.